The number of hydrogen-bond acceptors (Lipinski definition) is 7. The van der Waals surface area contributed by atoms with Crippen molar-refractivity contribution < 1.29 is 22.7 Å². The van der Waals surface area contributed by atoms with E-state index >= 15 is 0 Å². The molecule has 0 radical (unpaired) electrons. The lowest BCUT2D eigenvalue weighted by Crippen LogP contribution is -2.44. The number of nitrogens with one attached hydrogen (secondary N) is 1. The number of fused-ring (bicyclic) bond motifs is 3. The molecule has 11 heteroatoms. The quantitative estimate of drug-likeness (QED) is 0.715. The fourth-order valence-electron chi connectivity index (χ4n) is 4.11. The molecule has 0 saturated heterocycles. The van der Waals surface area contributed by atoms with Gasteiger partial charge >= 0.3 is 6.09 Å². The van der Waals surface area contributed by atoms with Gasteiger partial charge in [-0.25, -0.2) is 14.9 Å². The Bertz CT molecular complexity index is 1040. The summed E-state index contributed by atoms with van der Waals surface area (Å²) in [4.78, 5) is 23.2. The maximum absolute atomic E-state index is 12.8. The highest BCUT2D eigenvalue weighted by atomic mass is 32.2. The Labute approximate surface area is 168 Å². The Kier molecular flexibility index (Phi) is 5.28. The molecule has 0 bridgehead atoms. The van der Waals surface area contributed by atoms with Crippen molar-refractivity contribution in [3.05, 3.63) is 23.9 Å². The monoisotopic (exact) mass is 421 g/mol. The van der Waals surface area contributed by atoms with Crippen molar-refractivity contribution in [3.8, 4) is 5.88 Å². The molecule has 1 saturated carbocycles. The highest BCUT2D eigenvalue weighted by Gasteiger charge is 2.35. The van der Waals surface area contributed by atoms with Gasteiger partial charge in [0.1, 0.15) is 6.61 Å². The number of nitrogens with two attached hydrogens (primary N) is 1. The summed E-state index contributed by atoms with van der Waals surface area (Å²) in [5.41, 5.74) is 2.06. The van der Waals surface area contributed by atoms with Crippen LogP contribution < -0.4 is 19.5 Å². The summed E-state index contributed by atoms with van der Waals surface area (Å²) in [5.74, 6) is 0.446. The second-order valence-corrected chi connectivity index (χ2v) is 8.63. The average Bonchev–Trinajstić information content (AvgIpc) is 2.91. The summed E-state index contributed by atoms with van der Waals surface area (Å²) >= 11 is 0. The Balaban J connectivity index is 1.68. The van der Waals surface area contributed by atoms with E-state index in [2.05, 4.69) is 14.7 Å². The molecule has 29 heavy (non-hydrogen) atoms. The zero-order valence-electron chi connectivity index (χ0n) is 16.0. The van der Waals surface area contributed by atoms with Crippen LogP contribution in [0.3, 0.4) is 0 Å². The van der Waals surface area contributed by atoms with Crippen LogP contribution in [0.4, 0.5) is 10.5 Å². The minimum atomic E-state index is -3.76. The molecule has 156 valence electrons. The van der Waals surface area contributed by atoms with Crippen LogP contribution >= 0.6 is 0 Å². The van der Waals surface area contributed by atoms with Gasteiger partial charge in [0.05, 0.1) is 12.8 Å². The Hall–Kier alpha value is -2.50. The molecule has 2 unspecified atom stereocenters. The highest BCUT2D eigenvalue weighted by molar-refractivity contribution is 7.87. The SMILES string of the molecule is COc1ccc2c3c(cnc2n1)COC(=O)N3C1CCCC(NS(N)(=O)=O)CC1. The Morgan fingerprint density at radius 2 is 2.10 bits per heavy atom. The zero-order valence-corrected chi connectivity index (χ0v) is 16.8. The van der Waals surface area contributed by atoms with Crippen molar-refractivity contribution in [2.24, 2.45) is 5.14 Å². The largest absolute Gasteiger partial charge is 0.481 e. The minimum Gasteiger partial charge on any atom is -0.481 e. The van der Waals surface area contributed by atoms with Crippen molar-refractivity contribution in [3.63, 3.8) is 0 Å². The van der Waals surface area contributed by atoms with Gasteiger partial charge in [0, 0.05) is 35.3 Å². The van der Waals surface area contributed by atoms with E-state index in [1.807, 2.05) is 6.07 Å². The van der Waals surface area contributed by atoms with Gasteiger partial charge in [-0.15, -0.1) is 0 Å². The van der Waals surface area contributed by atoms with Crippen molar-refractivity contribution in [2.75, 3.05) is 12.0 Å². The summed E-state index contributed by atoms with van der Waals surface area (Å²) in [6, 6.07) is 3.22. The molecule has 0 aromatic carbocycles. The molecule has 0 spiro atoms. The number of cyclic esters (lactones) is 1. The third kappa shape index (κ3) is 4.11. The molecule has 2 aliphatic rings. The highest BCUT2D eigenvalue weighted by Crippen LogP contribution is 2.38. The molecular weight excluding hydrogens is 398 g/mol. The standard InChI is InChI=1S/C18H23N5O5S/c1-27-15-8-7-14-16-11(9-20-17(14)21-15)10-28-18(24)23(16)13-4-2-3-12(5-6-13)22-29(19,25)26/h7-9,12-13,22H,2-6,10H2,1H3,(H2,19,25,26). The van der Waals surface area contributed by atoms with Crippen molar-refractivity contribution in [1.82, 2.24) is 14.7 Å². The first-order valence-corrected chi connectivity index (χ1v) is 11.0. The number of carbonyl (C=O) groups excluding carboxylic acids is 1. The number of ether oxygens (including phenoxy) is 2. The number of nitrogens with zero attached hydrogens (tertiary/aromatic N) is 3. The third-order valence-electron chi connectivity index (χ3n) is 5.38. The van der Waals surface area contributed by atoms with Gasteiger partial charge in [-0.3, -0.25) is 4.90 Å². The molecular formula is C18H23N5O5S. The van der Waals surface area contributed by atoms with Gasteiger partial charge < -0.3 is 9.47 Å². The van der Waals surface area contributed by atoms with E-state index in [0.717, 1.165) is 29.5 Å². The number of hydrogen-bond donors (Lipinski definition) is 2. The fourth-order valence-corrected chi connectivity index (χ4v) is 4.81. The topological polar surface area (TPSA) is 137 Å². The van der Waals surface area contributed by atoms with Crippen LogP contribution in [0.25, 0.3) is 11.0 Å². The van der Waals surface area contributed by atoms with Crippen LogP contribution in [0.5, 0.6) is 5.88 Å². The van der Waals surface area contributed by atoms with Crippen LogP contribution in [0.15, 0.2) is 18.3 Å². The normalized spacial score (nSPS) is 22.7. The maximum Gasteiger partial charge on any atom is 0.414 e. The predicted octanol–water partition coefficient (Wildman–Crippen LogP) is 1.59. The summed E-state index contributed by atoms with van der Waals surface area (Å²) in [5, 5.41) is 5.87. The van der Waals surface area contributed by atoms with Crippen LogP contribution in [-0.4, -0.2) is 43.7 Å². The lowest BCUT2D eigenvalue weighted by atomic mass is 10.0. The van der Waals surface area contributed by atoms with Crippen molar-refractivity contribution in [2.45, 2.75) is 50.8 Å². The van der Waals surface area contributed by atoms with Gasteiger partial charge in [-0.2, -0.15) is 18.1 Å². The van der Waals surface area contributed by atoms with Crippen LogP contribution in [0, 0.1) is 0 Å². The maximum atomic E-state index is 12.8. The number of anilines is 1. The van der Waals surface area contributed by atoms with Crippen LogP contribution in [0.1, 0.15) is 37.7 Å². The summed E-state index contributed by atoms with van der Waals surface area (Å²) in [7, 11) is -2.23. The number of aromatic nitrogens is 2. The number of amides is 1. The molecule has 1 amide bonds. The van der Waals surface area contributed by atoms with Gasteiger partial charge in [0.25, 0.3) is 10.2 Å². The number of methoxy groups -OCH3 is 1. The van der Waals surface area contributed by atoms with E-state index in [9.17, 15) is 13.2 Å². The number of carbonyl (C=O) groups is 1. The van der Waals surface area contributed by atoms with E-state index in [-0.39, 0.29) is 18.7 Å². The minimum absolute atomic E-state index is 0.124. The molecule has 4 rings (SSSR count). The van der Waals surface area contributed by atoms with Crippen LogP contribution in [-0.2, 0) is 21.6 Å². The molecule has 2 atom stereocenters. The molecule has 10 nitrogen and oxygen atoms in total. The Morgan fingerprint density at radius 1 is 1.28 bits per heavy atom. The smallest absolute Gasteiger partial charge is 0.414 e. The van der Waals surface area contributed by atoms with Gasteiger partial charge in [-0.1, -0.05) is 0 Å². The Morgan fingerprint density at radius 3 is 2.86 bits per heavy atom. The van der Waals surface area contributed by atoms with E-state index in [1.54, 1.807) is 17.2 Å². The summed E-state index contributed by atoms with van der Waals surface area (Å²) in [6.45, 7) is 0.155. The van der Waals surface area contributed by atoms with Crippen LogP contribution in [0.2, 0.25) is 0 Å². The molecule has 1 aliphatic heterocycles. The van der Waals surface area contributed by atoms with E-state index in [4.69, 9.17) is 14.6 Å². The predicted molar refractivity (Wildman–Crippen MR) is 106 cm³/mol. The van der Waals surface area contributed by atoms with Gasteiger partial charge in [0.2, 0.25) is 5.88 Å². The summed E-state index contributed by atoms with van der Waals surface area (Å²) < 4.78 is 35.8. The second-order valence-electron chi connectivity index (χ2n) is 7.30. The van der Waals surface area contributed by atoms with E-state index in [1.165, 1.54) is 7.11 Å². The first kappa shape index (κ1) is 19.8. The van der Waals surface area contributed by atoms with Crippen molar-refractivity contribution >= 4 is 33.0 Å². The molecule has 3 heterocycles. The number of rotatable bonds is 4. The third-order valence-corrected chi connectivity index (χ3v) is 6.05. The molecule has 2 aromatic heterocycles. The lowest BCUT2D eigenvalue weighted by molar-refractivity contribution is 0.138. The molecule has 1 aliphatic carbocycles. The summed E-state index contributed by atoms with van der Waals surface area (Å²) in [6.07, 6.45) is 4.61. The first-order chi connectivity index (χ1) is 13.9. The average molecular weight is 421 g/mol. The van der Waals surface area contributed by atoms with E-state index in [0.29, 0.717) is 30.8 Å². The molecule has 2 aromatic rings. The molecule has 3 N–H and O–H groups in total. The number of pyridine rings is 2. The van der Waals surface area contributed by atoms with Gasteiger partial charge in [0.15, 0.2) is 5.65 Å². The lowest BCUT2D eigenvalue weighted by Gasteiger charge is -2.35. The second kappa shape index (κ2) is 7.73. The van der Waals surface area contributed by atoms with Crippen molar-refractivity contribution in [1.29, 1.82) is 0 Å². The van der Waals surface area contributed by atoms with Gasteiger partial charge in [-0.05, 0) is 38.2 Å². The molecule has 1 fully saturated rings. The zero-order chi connectivity index (χ0) is 20.6. The fraction of sp³-hybridized carbons (Fsp3) is 0.500. The van der Waals surface area contributed by atoms with E-state index < -0.39 is 16.3 Å². The first-order valence-electron chi connectivity index (χ1n) is 9.44.